The van der Waals surface area contributed by atoms with Crippen LogP contribution in [0.1, 0.15) is 44.5 Å². The minimum Gasteiger partial charge on any atom is -0.478 e. The number of ether oxygens (including phenoxy) is 3. The Morgan fingerprint density at radius 2 is 1.91 bits per heavy atom. The van der Waals surface area contributed by atoms with E-state index in [1.54, 1.807) is 19.1 Å². The number of aromatic carboxylic acids is 1. The smallest absolute Gasteiger partial charge is 0.356 e. The molecule has 0 aromatic heterocycles. The lowest BCUT2D eigenvalue weighted by Gasteiger charge is -2.26. The number of hydrogen-bond acceptors (Lipinski definition) is 6. The number of benzene rings is 1. The van der Waals surface area contributed by atoms with Gasteiger partial charge in [-0.3, -0.25) is 4.74 Å². The van der Waals surface area contributed by atoms with Gasteiger partial charge in [0.15, 0.2) is 0 Å². The van der Waals surface area contributed by atoms with Crippen molar-refractivity contribution in [1.29, 1.82) is 0 Å². The third-order valence-electron chi connectivity index (χ3n) is 3.12. The van der Waals surface area contributed by atoms with Crippen LogP contribution < -0.4 is 4.74 Å². The van der Waals surface area contributed by atoms with Crippen molar-refractivity contribution >= 4 is 5.97 Å². The first-order chi connectivity index (χ1) is 10.3. The maximum atomic E-state index is 11.2. The Bertz CT molecular complexity index is 546. The molecule has 0 bridgehead atoms. The van der Waals surface area contributed by atoms with Crippen LogP contribution in [-0.2, 0) is 19.2 Å². The minimum absolute atomic E-state index is 0.00706. The maximum absolute atomic E-state index is 11.2. The average molecular weight is 312 g/mol. The van der Waals surface area contributed by atoms with E-state index in [0.29, 0.717) is 0 Å². The van der Waals surface area contributed by atoms with Crippen molar-refractivity contribution in [2.24, 2.45) is 0 Å². The molecule has 7 nitrogen and oxygen atoms in total. The molecular formula is C15H20O7. The summed E-state index contributed by atoms with van der Waals surface area (Å²) >= 11 is 0. The van der Waals surface area contributed by atoms with Gasteiger partial charge in [0.05, 0.1) is 6.10 Å². The van der Waals surface area contributed by atoms with Crippen molar-refractivity contribution in [3.05, 3.63) is 29.8 Å². The summed E-state index contributed by atoms with van der Waals surface area (Å²) < 4.78 is 16.7. The van der Waals surface area contributed by atoms with Crippen molar-refractivity contribution < 1.29 is 33.9 Å². The van der Waals surface area contributed by atoms with E-state index in [9.17, 15) is 4.79 Å². The van der Waals surface area contributed by atoms with Gasteiger partial charge in [-0.1, -0.05) is 19.1 Å². The topological polar surface area (TPSA) is 83.5 Å². The second kappa shape index (κ2) is 6.21. The summed E-state index contributed by atoms with van der Waals surface area (Å²) in [6.45, 7) is 6.85. The van der Waals surface area contributed by atoms with Crippen LogP contribution in [-0.4, -0.2) is 29.1 Å². The van der Waals surface area contributed by atoms with Gasteiger partial charge < -0.3 is 14.6 Å². The lowest BCUT2D eigenvalue weighted by Crippen LogP contribution is -2.40. The highest BCUT2D eigenvalue weighted by atomic mass is 17.4. The monoisotopic (exact) mass is 312 g/mol. The highest BCUT2D eigenvalue weighted by Crippen LogP contribution is 2.37. The molecule has 1 aromatic carbocycles. The van der Waals surface area contributed by atoms with E-state index in [4.69, 9.17) is 29.1 Å². The Morgan fingerprint density at radius 1 is 1.27 bits per heavy atom. The number of hydrogen-bond donors (Lipinski definition) is 1. The summed E-state index contributed by atoms with van der Waals surface area (Å²) in [4.78, 5) is 21.4. The van der Waals surface area contributed by atoms with E-state index in [1.165, 1.54) is 19.1 Å². The highest BCUT2D eigenvalue weighted by molar-refractivity contribution is 5.90. The Kier molecular flexibility index (Phi) is 4.72. The zero-order valence-electron chi connectivity index (χ0n) is 13.0. The van der Waals surface area contributed by atoms with Crippen molar-refractivity contribution in [3.63, 3.8) is 0 Å². The summed E-state index contributed by atoms with van der Waals surface area (Å²) in [6.07, 6.45) is 0.657. The van der Waals surface area contributed by atoms with Crippen molar-refractivity contribution in [3.8, 4) is 5.75 Å². The summed E-state index contributed by atoms with van der Waals surface area (Å²) in [5, 5.41) is 9.16. The van der Waals surface area contributed by atoms with Crippen LogP contribution >= 0.6 is 0 Å². The fourth-order valence-corrected chi connectivity index (χ4v) is 1.98. The zero-order valence-corrected chi connectivity index (χ0v) is 13.0. The quantitative estimate of drug-likeness (QED) is 0.808. The lowest BCUT2D eigenvalue weighted by molar-refractivity contribution is -0.424. The van der Waals surface area contributed by atoms with Crippen LogP contribution in [0.4, 0.5) is 0 Å². The van der Waals surface area contributed by atoms with Gasteiger partial charge in [0.2, 0.25) is 0 Å². The fraction of sp³-hybridized carbons (Fsp3) is 0.533. The molecule has 0 aliphatic carbocycles. The molecule has 3 unspecified atom stereocenters. The molecule has 1 aliphatic rings. The van der Waals surface area contributed by atoms with Gasteiger partial charge in [-0.05, 0) is 25.5 Å². The molecule has 7 heteroatoms. The van der Waals surface area contributed by atoms with Crippen molar-refractivity contribution in [1.82, 2.24) is 0 Å². The Hall–Kier alpha value is -1.67. The summed E-state index contributed by atoms with van der Waals surface area (Å²) in [7, 11) is 0. The molecule has 1 fully saturated rings. The Balaban J connectivity index is 2.12. The number of carbonyl (C=O) groups is 1. The first kappa shape index (κ1) is 16.7. The van der Waals surface area contributed by atoms with E-state index in [1.807, 2.05) is 13.8 Å². The molecule has 0 spiro atoms. The van der Waals surface area contributed by atoms with Gasteiger partial charge in [0.1, 0.15) is 11.3 Å². The molecule has 2 rings (SSSR count). The van der Waals surface area contributed by atoms with Crippen LogP contribution in [0.25, 0.3) is 0 Å². The molecule has 0 radical (unpaired) electrons. The van der Waals surface area contributed by atoms with Crippen LogP contribution in [0.5, 0.6) is 5.75 Å². The molecule has 1 aliphatic heterocycles. The Morgan fingerprint density at radius 3 is 2.55 bits per heavy atom. The first-order valence-corrected chi connectivity index (χ1v) is 7.03. The van der Waals surface area contributed by atoms with E-state index < -0.39 is 17.9 Å². The van der Waals surface area contributed by atoms with Gasteiger partial charge in [-0.2, -0.15) is 9.78 Å². The molecule has 0 saturated carbocycles. The minimum atomic E-state index is -1.62. The molecule has 3 atom stereocenters. The predicted molar refractivity (Wildman–Crippen MR) is 74.9 cm³/mol. The molecule has 0 amide bonds. The lowest BCUT2D eigenvalue weighted by atomic mass is 10.2. The van der Waals surface area contributed by atoms with Gasteiger partial charge >= 0.3 is 17.9 Å². The van der Waals surface area contributed by atoms with Gasteiger partial charge in [0.25, 0.3) is 0 Å². The van der Waals surface area contributed by atoms with Gasteiger partial charge in [-0.25, -0.2) is 4.79 Å². The standard InChI is InChI=1S/C15H20O7/c1-5-10(2)18-14(3)20-15(4,22-21-14)19-12-9-7-6-8-11(12)13(16)17/h6-10H,5H2,1-4H3,(H,16,17). The molecule has 1 N–H and O–H groups in total. The van der Waals surface area contributed by atoms with Gasteiger partial charge in [0, 0.05) is 13.8 Å². The largest absolute Gasteiger partial charge is 0.478 e. The molecule has 1 saturated heterocycles. The van der Waals surface area contributed by atoms with E-state index in [2.05, 4.69) is 0 Å². The number of para-hydroxylation sites is 1. The third kappa shape index (κ3) is 3.75. The number of rotatable bonds is 6. The van der Waals surface area contributed by atoms with Gasteiger partial charge in [-0.15, -0.1) is 0 Å². The number of carboxylic acid groups (broad SMARTS) is 1. The fourth-order valence-electron chi connectivity index (χ4n) is 1.98. The summed E-state index contributed by atoms with van der Waals surface area (Å²) in [5.74, 6) is -4.05. The molecule has 122 valence electrons. The van der Waals surface area contributed by atoms with Crippen LogP contribution in [0.15, 0.2) is 24.3 Å². The second-order valence-corrected chi connectivity index (χ2v) is 5.23. The third-order valence-corrected chi connectivity index (χ3v) is 3.12. The molecule has 22 heavy (non-hydrogen) atoms. The average Bonchev–Trinajstić information content (AvgIpc) is 2.74. The van der Waals surface area contributed by atoms with E-state index in [-0.39, 0.29) is 17.4 Å². The van der Waals surface area contributed by atoms with Crippen LogP contribution in [0.2, 0.25) is 0 Å². The van der Waals surface area contributed by atoms with E-state index in [0.717, 1.165) is 6.42 Å². The second-order valence-electron chi connectivity index (χ2n) is 5.23. The Labute approximate surface area is 128 Å². The maximum Gasteiger partial charge on any atom is 0.356 e. The van der Waals surface area contributed by atoms with Crippen molar-refractivity contribution in [2.45, 2.75) is 52.2 Å². The summed E-state index contributed by atoms with van der Waals surface area (Å²) in [6, 6.07) is 6.18. The molecule has 1 heterocycles. The first-order valence-electron chi connectivity index (χ1n) is 7.03. The predicted octanol–water partition coefficient (Wildman–Crippen LogP) is 2.90. The van der Waals surface area contributed by atoms with Crippen LogP contribution in [0, 0.1) is 0 Å². The van der Waals surface area contributed by atoms with Crippen molar-refractivity contribution in [2.75, 3.05) is 0 Å². The van der Waals surface area contributed by atoms with Crippen LogP contribution in [0.3, 0.4) is 0 Å². The zero-order chi connectivity index (χ0) is 16.4. The molecular weight excluding hydrogens is 292 g/mol. The van der Waals surface area contributed by atoms with E-state index >= 15 is 0 Å². The molecule has 1 aromatic rings. The normalized spacial score (nSPS) is 29.3. The highest BCUT2D eigenvalue weighted by Gasteiger charge is 2.51. The number of carboxylic acids is 1. The SMILES string of the molecule is CCC(C)OC1(C)OOC(C)(Oc2ccccc2C(=O)O)O1. The summed E-state index contributed by atoms with van der Waals surface area (Å²) in [5.41, 5.74) is -0.00706.